The van der Waals surface area contributed by atoms with E-state index in [0.29, 0.717) is 30.0 Å². The largest absolute Gasteiger partial charge is 0.481 e. The van der Waals surface area contributed by atoms with Gasteiger partial charge in [0.15, 0.2) is 6.61 Å². The normalized spacial score (nSPS) is 11.6. The zero-order valence-corrected chi connectivity index (χ0v) is 18.1. The van der Waals surface area contributed by atoms with Crippen molar-refractivity contribution in [1.82, 2.24) is 9.29 Å². The van der Waals surface area contributed by atoms with Crippen LogP contribution in [0.4, 0.5) is 5.69 Å². The summed E-state index contributed by atoms with van der Waals surface area (Å²) < 4.78 is 32.4. The van der Waals surface area contributed by atoms with Crippen LogP contribution >= 0.6 is 0 Å². The lowest BCUT2D eigenvalue weighted by Gasteiger charge is -2.18. The van der Waals surface area contributed by atoms with Gasteiger partial charge in [-0.15, -0.1) is 0 Å². The number of ether oxygens (including phenoxy) is 1. The molecule has 0 saturated carbocycles. The van der Waals surface area contributed by atoms with Crippen LogP contribution in [0, 0.1) is 6.92 Å². The predicted molar refractivity (Wildman–Crippen MR) is 117 cm³/mol. The molecule has 1 N–H and O–H groups in total. The van der Waals surface area contributed by atoms with E-state index in [4.69, 9.17) is 4.74 Å². The molecule has 1 heterocycles. The molecule has 30 heavy (non-hydrogen) atoms. The number of amides is 1. The average Bonchev–Trinajstić information content (AvgIpc) is 2.73. The van der Waals surface area contributed by atoms with Crippen LogP contribution < -0.4 is 10.1 Å². The van der Waals surface area contributed by atoms with E-state index in [0.717, 1.165) is 11.1 Å². The van der Waals surface area contributed by atoms with E-state index >= 15 is 0 Å². The molecule has 0 aliphatic heterocycles. The molecule has 8 heteroatoms. The highest BCUT2D eigenvalue weighted by atomic mass is 32.2. The second-order valence-corrected chi connectivity index (χ2v) is 8.67. The SMILES string of the molecule is CCN(CC)S(=O)(=O)c1cccc(NC(=O)COc2cccc3ccc(C)nc23)c1. The highest BCUT2D eigenvalue weighted by molar-refractivity contribution is 7.89. The molecular weight excluding hydrogens is 402 g/mol. The van der Waals surface area contributed by atoms with Crippen LogP contribution in [-0.4, -0.2) is 43.3 Å². The summed E-state index contributed by atoms with van der Waals surface area (Å²) in [4.78, 5) is 17.0. The van der Waals surface area contributed by atoms with Crippen molar-refractivity contribution in [2.45, 2.75) is 25.7 Å². The molecule has 7 nitrogen and oxygen atoms in total. The molecule has 0 atom stereocenters. The number of anilines is 1. The number of pyridine rings is 1. The number of para-hydroxylation sites is 1. The molecule has 0 aliphatic carbocycles. The number of nitrogens with one attached hydrogen (secondary N) is 1. The van der Waals surface area contributed by atoms with Gasteiger partial charge >= 0.3 is 0 Å². The number of sulfonamides is 1. The standard InChI is InChI=1S/C22H25N3O4S/c1-4-25(5-2)30(27,28)19-10-7-9-18(14-19)24-21(26)15-29-20-11-6-8-17-13-12-16(3)23-22(17)20/h6-14H,4-5,15H2,1-3H3,(H,24,26). The summed E-state index contributed by atoms with van der Waals surface area (Å²) in [6.07, 6.45) is 0. The minimum atomic E-state index is -3.60. The van der Waals surface area contributed by atoms with Gasteiger partial charge in [-0.25, -0.2) is 13.4 Å². The summed E-state index contributed by atoms with van der Waals surface area (Å²) in [5.41, 5.74) is 1.94. The summed E-state index contributed by atoms with van der Waals surface area (Å²) in [5.74, 6) is 0.126. The highest BCUT2D eigenvalue weighted by Gasteiger charge is 2.21. The molecule has 0 aliphatic rings. The summed E-state index contributed by atoms with van der Waals surface area (Å²) in [6.45, 7) is 5.99. The van der Waals surface area contributed by atoms with Gasteiger partial charge < -0.3 is 10.1 Å². The molecule has 2 aromatic carbocycles. The zero-order chi connectivity index (χ0) is 21.7. The molecule has 3 rings (SSSR count). The second-order valence-electron chi connectivity index (χ2n) is 6.73. The van der Waals surface area contributed by atoms with Crippen LogP contribution in [0.1, 0.15) is 19.5 Å². The Morgan fingerprint density at radius 3 is 2.53 bits per heavy atom. The van der Waals surface area contributed by atoms with Crippen LogP contribution in [0.25, 0.3) is 10.9 Å². The Hall–Kier alpha value is -2.97. The maximum absolute atomic E-state index is 12.7. The second kappa shape index (κ2) is 9.23. The fraction of sp³-hybridized carbons (Fsp3) is 0.273. The first-order valence-corrected chi connectivity index (χ1v) is 11.2. The van der Waals surface area contributed by atoms with Gasteiger partial charge in [0.2, 0.25) is 10.0 Å². The number of rotatable bonds is 8. The quantitative estimate of drug-likeness (QED) is 0.593. The van der Waals surface area contributed by atoms with Crippen molar-refractivity contribution in [1.29, 1.82) is 0 Å². The number of carbonyl (C=O) groups is 1. The number of aromatic nitrogens is 1. The number of aryl methyl sites for hydroxylation is 1. The number of hydrogen-bond acceptors (Lipinski definition) is 5. The van der Waals surface area contributed by atoms with Crippen molar-refractivity contribution in [3.63, 3.8) is 0 Å². The van der Waals surface area contributed by atoms with E-state index in [1.54, 1.807) is 32.0 Å². The van der Waals surface area contributed by atoms with Crippen LogP contribution in [0.15, 0.2) is 59.5 Å². The van der Waals surface area contributed by atoms with Crippen LogP contribution in [-0.2, 0) is 14.8 Å². The van der Waals surface area contributed by atoms with Crippen molar-refractivity contribution in [2.24, 2.45) is 0 Å². The maximum Gasteiger partial charge on any atom is 0.262 e. The average molecular weight is 428 g/mol. The van der Waals surface area contributed by atoms with Gasteiger partial charge in [0.05, 0.1) is 4.90 Å². The van der Waals surface area contributed by atoms with Gasteiger partial charge in [-0.1, -0.05) is 38.1 Å². The Labute approximate surface area is 176 Å². The molecule has 3 aromatic rings. The van der Waals surface area contributed by atoms with Gasteiger partial charge in [0.1, 0.15) is 11.3 Å². The van der Waals surface area contributed by atoms with E-state index in [1.807, 2.05) is 31.2 Å². The first-order valence-electron chi connectivity index (χ1n) is 9.74. The van der Waals surface area contributed by atoms with E-state index in [2.05, 4.69) is 10.3 Å². The van der Waals surface area contributed by atoms with Crippen LogP contribution in [0.2, 0.25) is 0 Å². The molecule has 1 aromatic heterocycles. The minimum Gasteiger partial charge on any atom is -0.481 e. The van der Waals surface area contributed by atoms with Crippen molar-refractivity contribution >= 4 is 32.5 Å². The van der Waals surface area contributed by atoms with Gasteiger partial charge in [0, 0.05) is 29.9 Å². The summed E-state index contributed by atoms with van der Waals surface area (Å²) in [6, 6.07) is 15.6. The number of fused-ring (bicyclic) bond motifs is 1. The Kier molecular flexibility index (Phi) is 6.69. The van der Waals surface area contributed by atoms with Crippen molar-refractivity contribution in [3.05, 3.63) is 60.3 Å². The summed E-state index contributed by atoms with van der Waals surface area (Å²) in [7, 11) is -3.60. The lowest BCUT2D eigenvalue weighted by Crippen LogP contribution is -2.30. The number of carbonyl (C=O) groups excluding carboxylic acids is 1. The Balaban J connectivity index is 1.71. The molecule has 1 amide bonds. The fourth-order valence-electron chi connectivity index (χ4n) is 3.12. The van der Waals surface area contributed by atoms with Gasteiger partial charge in [-0.3, -0.25) is 4.79 Å². The first kappa shape index (κ1) is 21.7. The van der Waals surface area contributed by atoms with Gasteiger partial charge in [0.25, 0.3) is 5.91 Å². The number of hydrogen-bond donors (Lipinski definition) is 1. The van der Waals surface area contributed by atoms with Gasteiger partial charge in [-0.2, -0.15) is 4.31 Å². The van der Waals surface area contributed by atoms with E-state index in [1.165, 1.54) is 16.4 Å². The summed E-state index contributed by atoms with van der Waals surface area (Å²) >= 11 is 0. The van der Waals surface area contributed by atoms with E-state index < -0.39 is 15.9 Å². The molecule has 0 radical (unpaired) electrons. The predicted octanol–water partition coefficient (Wildman–Crippen LogP) is 3.59. The van der Waals surface area contributed by atoms with Gasteiger partial charge in [-0.05, 0) is 37.3 Å². The molecule has 0 saturated heterocycles. The van der Waals surface area contributed by atoms with Crippen LogP contribution in [0.5, 0.6) is 5.75 Å². The third kappa shape index (κ3) is 4.77. The Morgan fingerprint density at radius 2 is 1.80 bits per heavy atom. The Bertz CT molecular complexity index is 1160. The molecular formula is C22H25N3O4S. The number of benzene rings is 2. The fourth-order valence-corrected chi connectivity index (χ4v) is 4.63. The van der Waals surface area contributed by atoms with Crippen molar-refractivity contribution in [3.8, 4) is 5.75 Å². The zero-order valence-electron chi connectivity index (χ0n) is 17.3. The maximum atomic E-state index is 12.7. The van der Waals surface area contributed by atoms with Crippen LogP contribution in [0.3, 0.4) is 0 Å². The lowest BCUT2D eigenvalue weighted by molar-refractivity contribution is -0.118. The Morgan fingerprint density at radius 1 is 1.07 bits per heavy atom. The first-order chi connectivity index (χ1) is 14.3. The van der Waals surface area contributed by atoms with E-state index in [9.17, 15) is 13.2 Å². The third-order valence-corrected chi connectivity index (χ3v) is 6.69. The number of nitrogens with zero attached hydrogens (tertiary/aromatic N) is 2. The van der Waals surface area contributed by atoms with Crippen molar-refractivity contribution in [2.75, 3.05) is 25.0 Å². The molecule has 0 unspecified atom stereocenters. The van der Waals surface area contributed by atoms with Crippen molar-refractivity contribution < 1.29 is 17.9 Å². The smallest absolute Gasteiger partial charge is 0.262 e. The molecule has 158 valence electrons. The summed E-state index contributed by atoms with van der Waals surface area (Å²) in [5, 5.41) is 3.62. The van der Waals surface area contributed by atoms with E-state index in [-0.39, 0.29) is 11.5 Å². The minimum absolute atomic E-state index is 0.138. The highest BCUT2D eigenvalue weighted by Crippen LogP contribution is 2.24. The topological polar surface area (TPSA) is 88.6 Å². The lowest BCUT2D eigenvalue weighted by atomic mass is 10.2. The molecule has 0 fully saturated rings. The molecule has 0 spiro atoms. The monoisotopic (exact) mass is 427 g/mol. The molecule has 0 bridgehead atoms. The third-order valence-electron chi connectivity index (χ3n) is 4.64.